The van der Waals surface area contributed by atoms with Gasteiger partial charge in [-0.2, -0.15) is 0 Å². The molecule has 0 amide bonds. The van der Waals surface area contributed by atoms with Crippen molar-refractivity contribution in [1.29, 1.82) is 0 Å². The van der Waals surface area contributed by atoms with Crippen molar-refractivity contribution >= 4 is 28.9 Å². The van der Waals surface area contributed by atoms with Gasteiger partial charge in [0.1, 0.15) is 5.82 Å². The molecule has 2 aromatic rings. The molecule has 1 heterocycles. The molecule has 0 unspecified atom stereocenters. The summed E-state index contributed by atoms with van der Waals surface area (Å²) >= 11 is 11.8. The van der Waals surface area contributed by atoms with E-state index in [4.69, 9.17) is 23.2 Å². The molecular weight excluding hydrogens is 303 g/mol. The molecule has 20 heavy (non-hydrogen) atoms. The monoisotopic (exact) mass is 314 g/mol. The van der Waals surface area contributed by atoms with E-state index in [1.165, 1.54) is 12.1 Å². The van der Waals surface area contributed by atoms with Gasteiger partial charge in [-0.3, -0.25) is 10.1 Å². The Hall–Kier alpha value is -1.66. The zero-order valence-electron chi connectivity index (χ0n) is 10.9. The Balaban J connectivity index is 2.62. The highest BCUT2D eigenvalue weighted by atomic mass is 35.5. The van der Waals surface area contributed by atoms with Crippen LogP contribution < -0.4 is 0 Å². The van der Waals surface area contributed by atoms with Gasteiger partial charge in [0, 0.05) is 28.8 Å². The first-order chi connectivity index (χ1) is 9.43. The highest BCUT2D eigenvalue weighted by Gasteiger charge is 2.18. The maximum Gasteiger partial charge on any atom is 0.271 e. The number of hydrogen-bond donors (Lipinski definition) is 0. The van der Waals surface area contributed by atoms with E-state index in [0.717, 1.165) is 0 Å². The number of aromatic nitrogens is 3. The molecule has 106 valence electrons. The van der Waals surface area contributed by atoms with Crippen LogP contribution in [0.2, 0.25) is 5.02 Å². The maximum atomic E-state index is 10.9. The van der Waals surface area contributed by atoms with Crippen LogP contribution in [0, 0.1) is 10.1 Å². The largest absolute Gasteiger partial charge is 0.307 e. The van der Waals surface area contributed by atoms with Gasteiger partial charge in [-0.25, -0.2) is 0 Å². The van der Waals surface area contributed by atoms with Gasteiger partial charge in [-0.05, 0) is 19.9 Å². The number of alkyl halides is 1. The third-order valence-corrected chi connectivity index (χ3v) is 3.21. The molecule has 8 heteroatoms. The first-order valence-electron chi connectivity index (χ1n) is 5.89. The number of nitrogens with zero attached hydrogens (tertiary/aromatic N) is 4. The summed E-state index contributed by atoms with van der Waals surface area (Å²) in [6, 6.07) is 4.41. The van der Waals surface area contributed by atoms with E-state index in [0.29, 0.717) is 17.2 Å². The van der Waals surface area contributed by atoms with Crippen LogP contribution in [-0.2, 0) is 5.88 Å². The molecule has 0 bridgehead atoms. The van der Waals surface area contributed by atoms with Crippen LogP contribution in [0.25, 0.3) is 11.4 Å². The predicted octanol–water partition coefficient (Wildman–Crippen LogP) is 3.83. The molecule has 0 radical (unpaired) electrons. The Morgan fingerprint density at radius 3 is 2.60 bits per heavy atom. The molecule has 1 aromatic heterocycles. The minimum atomic E-state index is -0.492. The molecular formula is C12H12Cl2N4O2. The minimum Gasteiger partial charge on any atom is -0.307 e. The topological polar surface area (TPSA) is 73.8 Å². The van der Waals surface area contributed by atoms with Crippen LogP contribution in [-0.4, -0.2) is 19.7 Å². The lowest BCUT2D eigenvalue weighted by Gasteiger charge is -2.13. The normalized spacial score (nSPS) is 11.1. The van der Waals surface area contributed by atoms with Gasteiger partial charge in [-0.15, -0.1) is 21.8 Å². The average molecular weight is 315 g/mol. The predicted molar refractivity (Wildman–Crippen MR) is 77.1 cm³/mol. The lowest BCUT2D eigenvalue weighted by Crippen LogP contribution is -2.07. The Bertz CT molecular complexity index is 655. The van der Waals surface area contributed by atoms with Crippen LogP contribution >= 0.6 is 23.2 Å². The number of rotatable bonds is 4. The first kappa shape index (κ1) is 14.7. The summed E-state index contributed by atoms with van der Waals surface area (Å²) in [6.45, 7) is 3.92. The second-order valence-electron chi connectivity index (χ2n) is 4.49. The van der Waals surface area contributed by atoms with Crippen molar-refractivity contribution in [2.24, 2.45) is 0 Å². The number of non-ortho nitro benzene ring substituents is 1. The fraction of sp³-hybridized carbons (Fsp3) is 0.333. The van der Waals surface area contributed by atoms with Crippen LogP contribution in [0.5, 0.6) is 0 Å². The van der Waals surface area contributed by atoms with Crippen LogP contribution in [0.1, 0.15) is 25.7 Å². The van der Waals surface area contributed by atoms with Gasteiger partial charge in [0.2, 0.25) is 0 Å². The summed E-state index contributed by atoms with van der Waals surface area (Å²) < 4.78 is 1.84. The van der Waals surface area contributed by atoms with Gasteiger partial charge in [-0.1, -0.05) is 11.6 Å². The maximum absolute atomic E-state index is 10.9. The summed E-state index contributed by atoms with van der Waals surface area (Å²) in [5, 5.41) is 19.2. The Labute approximate surface area is 125 Å². The van der Waals surface area contributed by atoms with E-state index in [-0.39, 0.29) is 22.6 Å². The SMILES string of the molecule is CC(C)n1c(CCl)nnc1-c1cc(Cl)cc([N+](=O)[O-])c1. The summed E-state index contributed by atoms with van der Waals surface area (Å²) in [7, 11) is 0. The number of hydrogen-bond acceptors (Lipinski definition) is 4. The third-order valence-electron chi connectivity index (χ3n) is 2.75. The van der Waals surface area contributed by atoms with Crippen LogP contribution in [0.4, 0.5) is 5.69 Å². The minimum absolute atomic E-state index is 0.0757. The highest BCUT2D eigenvalue weighted by molar-refractivity contribution is 6.31. The number of benzene rings is 1. The molecule has 0 saturated heterocycles. The van der Waals surface area contributed by atoms with E-state index in [1.807, 2.05) is 18.4 Å². The third kappa shape index (κ3) is 2.76. The van der Waals surface area contributed by atoms with Crippen molar-refractivity contribution in [2.45, 2.75) is 25.8 Å². The molecule has 0 fully saturated rings. The molecule has 0 N–H and O–H groups in total. The molecule has 0 aliphatic rings. The first-order valence-corrected chi connectivity index (χ1v) is 6.80. The number of nitro benzene ring substituents is 1. The van der Waals surface area contributed by atoms with Gasteiger partial charge in [0.25, 0.3) is 5.69 Å². The molecule has 0 spiro atoms. The quantitative estimate of drug-likeness (QED) is 0.488. The zero-order chi connectivity index (χ0) is 14.9. The summed E-state index contributed by atoms with van der Waals surface area (Å²) in [6.07, 6.45) is 0. The molecule has 0 saturated carbocycles. The molecule has 2 rings (SSSR count). The van der Waals surface area contributed by atoms with Gasteiger partial charge in [0.15, 0.2) is 5.82 Å². The molecule has 0 aliphatic carbocycles. The second-order valence-corrected chi connectivity index (χ2v) is 5.20. The van der Waals surface area contributed by atoms with Gasteiger partial charge < -0.3 is 4.57 Å². The van der Waals surface area contributed by atoms with Crippen molar-refractivity contribution in [3.05, 3.63) is 39.2 Å². The van der Waals surface area contributed by atoms with Crippen LogP contribution in [0.3, 0.4) is 0 Å². The van der Waals surface area contributed by atoms with Gasteiger partial charge in [0.05, 0.1) is 10.8 Å². The van der Waals surface area contributed by atoms with E-state index in [2.05, 4.69) is 10.2 Å². The Morgan fingerprint density at radius 1 is 1.35 bits per heavy atom. The van der Waals surface area contributed by atoms with Crippen molar-refractivity contribution in [3.63, 3.8) is 0 Å². The van der Waals surface area contributed by atoms with E-state index in [9.17, 15) is 10.1 Å². The number of nitro groups is 1. The van der Waals surface area contributed by atoms with Crippen LogP contribution in [0.15, 0.2) is 18.2 Å². The number of halogens is 2. The Morgan fingerprint density at radius 2 is 2.05 bits per heavy atom. The fourth-order valence-corrected chi connectivity index (χ4v) is 2.37. The summed E-state index contributed by atoms with van der Waals surface area (Å²) in [5.74, 6) is 1.34. The van der Waals surface area contributed by atoms with Crippen molar-refractivity contribution < 1.29 is 4.92 Å². The van der Waals surface area contributed by atoms with Crippen molar-refractivity contribution in [1.82, 2.24) is 14.8 Å². The fourth-order valence-electron chi connectivity index (χ4n) is 1.96. The average Bonchev–Trinajstić information content (AvgIpc) is 2.81. The molecule has 1 aromatic carbocycles. The molecule has 0 aliphatic heterocycles. The Kier molecular flexibility index (Phi) is 4.25. The second kappa shape index (κ2) is 5.76. The lowest BCUT2D eigenvalue weighted by atomic mass is 10.2. The molecule has 0 atom stereocenters. The zero-order valence-corrected chi connectivity index (χ0v) is 12.4. The smallest absolute Gasteiger partial charge is 0.271 e. The summed E-state index contributed by atoms with van der Waals surface area (Å²) in [5.41, 5.74) is 0.458. The van der Waals surface area contributed by atoms with E-state index < -0.39 is 4.92 Å². The van der Waals surface area contributed by atoms with Crippen molar-refractivity contribution in [2.75, 3.05) is 0 Å². The van der Waals surface area contributed by atoms with Crippen molar-refractivity contribution in [3.8, 4) is 11.4 Å². The molecule has 6 nitrogen and oxygen atoms in total. The van der Waals surface area contributed by atoms with E-state index >= 15 is 0 Å². The van der Waals surface area contributed by atoms with Gasteiger partial charge >= 0.3 is 0 Å². The summed E-state index contributed by atoms with van der Waals surface area (Å²) in [4.78, 5) is 10.4. The van der Waals surface area contributed by atoms with E-state index in [1.54, 1.807) is 6.07 Å². The lowest BCUT2D eigenvalue weighted by molar-refractivity contribution is -0.384. The highest BCUT2D eigenvalue weighted by Crippen LogP contribution is 2.29. The standard InChI is InChI=1S/C12H12Cl2N4O2/c1-7(2)17-11(6-13)15-16-12(17)8-3-9(14)5-10(4-8)18(19)20/h3-5,7H,6H2,1-2H3.